The molecule has 29 heavy (non-hydrogen) atoms. The highest BCUT2D eigenvalue weighted by Gasteiger charge is 2.30. The number of carbonyl (C=O) groups is 1. The first-order valence-electron chi connectivity index (χ1n) is 9.69. The Kier molecular flexibility index (Phi) is 6.34. The Labute approximate surface area is 173 Å². The van der Waals surface area contributed by atoms with Crippen molar-refractivity contribution < 1.29 is 13.9 Å². The molecule has 1 amide bonds. The van der Waals surface area contributed by atoms with Crippen LogP contribution in [0, 0.1) is 5.82 Å². The van der Waals surface area contributed by atoms with Gasteiger partial charge in [-0.1, -0.05) is 48.5 Å². The van der Waals surface area contributed by atoms with Crippen LogP contribution in [-0.2, 0) is 9.53 Å². The number of carbonyl (C=O) groups excluding carboxylic acids is 1. The summed E-state index contributed by atoms with van der Waals surface area (Å²) in [6.45, 7) is 2.28. The SMILES string of the molecule is O=C([C@H](N[C@H](c1ccc(F)cc1)c1cccs1)c1ccccc1)N1CCOCC1. The lowest BCUT2D eigenvalue weighted by Crippen LogP contribution is -2.47. The summed E-state index contributed by atoms with van der Waals surface area (Å²) in [5, 5.41) is 5.57. The molecule has 0 bridgehead atoms. The lowest BCUT2D eigenvalue weighted by molar-refractivity contribution is -0.137. The van der Waals surface area contributed by atoms with Crippen LogP contribution in [0.3, 0.4) is 0 Å². The Morgan fingerprint density at radius 1 is 0.966 bits per heavy atom. The molecule has 4 rings (SSSR count). The van der Waals surface area contributed by atoms with Gasteiger partial charge in [0.1, 0.15) is 11.9 Å². The van der Waals surface area contributed by atoms with E-state index in [1.165, 1.54) is 12.1 Å². The number of morpholine rings is 1. The van der Waals surface area contributed by atoms with Crippen LogP contribution < -0.4 is 5.32 Å². The smallest absolute Gasteiger partial charge is 0.244 e. The van der Waals surface area contributed by atoms with Crippen LogP contribution in [0.4, 0.5) is 4.39 Å². The molecule has 1 aliphatic rings. The van der Waals surface area contributed by atoms with E-state index in [1.54, 1.807) is 23.5 Å². The van der Waals surface area contributed by atoms with Crippen LogP contribution in [0.25, 0.3) is 0 Å². The molecule has 0 unspecified atom stereocenters. The average Bonchev–Trinajstić information content (AvgIpc) is 3.31. The molecule has 6 heteroatoms. The molecule has 1 aliphatic heterocycles. The van der Waals surface area contributed by atoms with Crippen molar-refractivity contribution in [3.8, 4) is 0 Å². The van der Waals surface area contributed by atoms with Crippen molar-refractivity contribution in [3.05, 3.63) is 93.9 Å². The molecule has 0 radical (unpaired) electrons. The van der Waals surface area contributed by atoms with E-state index < -0.39 is 6.04 Å². The lowest BCUT2D eigenvalue weighted by Gasteiger charge is -2.33. The quantitative estimate of drug-likeness (QED) is 0.663. The fourth-order valence-corrected chi connectivity index (χ4v) is 4.35. The highest BCUT2D eigenvalue weighted by molar-refractivity contribution is 7.10. The van der Waals surface area contributed by atoms with Crippen molar-refractivity contribution >= 4 is 17.2 Å². The Morgan fingerprint density at radius 3 is 2.34 bits per heavy atom. The number of halogens is 1. The number of nitrogens with one attached hydrogen (secondary N) is 1. The Bertz CT molecular complexity index is 910. The molecule has 0 saturated carbocycles. The number of ether oxygens (including phenoxy) is 1. The lowest BCUT2D eigenvalue weighted by atomic mass is 10.00. The Hall–Kier alpha value is -2.54. The molecule has 2 atom stereocenters. The van der Waals surface area contributed by atoms with Gasteiger partial charge in [-0.15, -0.1) is 11.3 Å². The molecule has 3 aromatic rings. The zero-order valence-electron chi connectivity index (χ0n) is 16.0. The maximum Gasteiger partial charge on any atom is 0.244 e. The van der Waals surface area contributed by atoms with E-state index in [1.807, 2.05) is 52.7 Å². The van der Waals surface area contributed by atoms with Gasteiger partial charge in [-0.3, -0.25) is 10.1 Å². The Morgan fingerprint density at radius 2 is 1.69 bits per heavy atom. The first-order valence-corrected chi connectivity index (χ1v) is 10.6. The van der Waals surface area contributed by atoms with Gasteiger partial charge in [0.2, 0.25) is 5.91 Å². The van der Waals surface area contributed by atoms with Crippen LogP contribution in [-0.4, -0.2) is 37.1 Å². The Balaban J connectivity index is 1.68. The second-order valence-electron chi connectivity index (χ2n) is 6.95. The van der Waals surface area contributed by atoms with Crippen LogP contribution in [0.5, 0.6) is 0 Å². The minimum atomic E-state index is -0.508. The first kappa shape index (κ1) is 19.8. The van der Waals surface area contributed by atoms with Crippen molar-refractivity contribution in [1.82, 2.24) is 10.2 Å². The summed E-state index contributed by atoms with van der Waals surface area (Å²) >= 11 is 1.61. The van der Waals surface area contributed by atoms with Gasteiger partial charge < -0.3 is 9.64 Å². The van der Waals surface area contributed by atoms with E-state index in [0.717, 1.165) is 16.0 Å². The predicted molar refractivity (Wildman–Crippen MR) is 112 cm³/mol. The number of hydrogen-bond acceptors (Lipinski definition) is 4. The summed E-state index contributed by atoms with van der Waals surface area (Å²) in [7, 11) is 0. The number of benzene rings is 2. The molecule has 0 aliphatic carbocycles. The van der Waals surface area contributed by atoms with Crippen LogP contribution in [0.1, 0.15) is 28.1 Å². The van der Waals surface area contributed by atoms with Crippen molar-refractivity contribution in [2.24, 2.45) is 0 Å². The third-order valence-electron chi connectivity index (χ3n) is 5.07. The molecule has 1 aromatic heterocycles. The molecule has 2 aromatic carbocycles. The normalized spacial score (nSPS) is 16.4. The van der Waals surface area contributed by atoms with Crippen LogP contribution in [0.2, 0.25) is 0 Å². The summed E-state index contributed by atoms with van der Waals surface area (Å²) in [6, 6.07) is 19.5. The third kappa shape index (κ3) is 4.72. The summed E-state index contributed by atoms with van der Waals surface area (Å²) in [4.78, 5) is 16.4. The standard InChI is InChI=1S/C23H23FN2O2S/c24-19-10-8-18(9-11-19)21(20-7-4-16-29-20)25-22(17-5-2-1-3-6-17)23(27)26-12-14-28-15-13-26/h1-11,16,21-22,25H,12-15H2/t21-,22-/m1/s1. The van der Waals surface area contributed by atoms with Crippen molar-refractivity contribution in [2.45, 2.75) is 12.1 Å². The first-order chi connectivity index (χ1) is 14.2. The fourth-order valence-electron chi connectivity index (χ4n) is 3.54. The molecule has 1 saturated heterocycles. The van der Waals surface area contributed by atoms with E-state index in [-0.39, 0.29) is 17.8 Å². The van der Waals surface area contributed by atoms with E-state index in [0.29, 0.717) is 26.3 Å². The van der Waals surface area contributed by atoms with Crippen molar-refractivity contribution in [2.75, 3.05) is 26.3 Å². The van der Waals surface area contributed by atoms with E-state index >= 15 is 0 Å². The minimum absolute atomic E-state index is 0.0307. The predicted octanol–water partition coefficient (Wildman–Crippen LogP) is 4.17. The van der Waals surface area contributed by atoms with Gasteiger partial charge in [-0.2, -0.15) is 0 Å². The van der Waals surface area contributed by atoms with E-state index in [2.05, 4.69) is 5.32 Å². The second-order valence-corrected chi connectivity index (χ2v) is 7.93. The van der Waals surface area contributed by atoms with E-state index in [4.69, 9.17) is 4.74 Å². The van der Waals surface area contributed by atoms with Gasteiger partial charge in [0, 0.05) is 18.0 Å². The molecule has 4 nitrogen and oxygen atoms in total. The highest BCUT2D eigenvalue weighted by Crippen LogP contribution is 2.30. The van der Waals surface area contributed by atoms with Gasteiger partial charge in [0.05, 0.1) is 19.3 Å². The molecule has 1 N–H and O–H groups in total. The number of rotatable bonds is 6. The molecular formula is C23H23FN2O2S. The highest BCUT2D eigenvalue weighted by atomic mass is 32.1. The summed E-state index contributed by atoms with van der Waals surface area (Å²) in [5.41, 5.74) is 1.83. The van der Waals surface area contributed by atoms with Crippen molar-refractivity contribution in [3.63, 3.8) is 0 Å². The summed E-state index contributed by atoms with van der Waals surface area (Å²) in [6.07, 6.45) is 0. The zero-order valence-corrected chi connectivity index (χ0v) is 16.8. The average molecular weight is 411 g/mol. The zero-order chi connectivity index (χ0) is 20.1. The molecular weight excluding hydrogens is 387 g/mol. The van der Waals surface area contributed by atoms with Gasteiger partial charge in [-0.05, 0) is 34.7 Å². The number of thiophene rings is 1. The number of amides is 1. The third-order valence-corrected chi connectivity index (χ3v) is 6.00. The topological polar surface area (TPSA) is 41.6 Å². The number of nitrogens with zero attached hydrogens (tertiary/aromatic N) is 1. The monoisotopic (exact) mass is 410 g/mol. The minimum Gasteiger partial charge on any atom is -0.378 e. The largest absolute Gasteiger partial charge is 0.378 e. The number of hydrogen-bond donors (Lipinski definition) is 1. The summed E-state index contributed by atoms with van der Waals surface area (Å²) in [5.74, 6) is -0.245. The second kappa shape index (κ2) is 9.31. The van der Waals surface area contributed by atoms with Crippen molar-refractivity contribution in [1.29, 1.82) is 0 Å². The van der Waals surface area contributed by atoms with Gasteiger partial charge in [-0.25, -0.2) is 4.39 Å². The maximum atomic E-state index is 13.5. The van der Waals surface area contributed by atoms with Gasteiger partial charge in [0.15, 0.2) is 0 Å². The molecule has 1 fully saturated rings. The molecule has 150 valence electrons. The van der Waals surface area contributed by atoms with E-state index in [9.17, 15) is 9.18 Å². The molecule has 2 heterocycles. The van der Waals surface area contributed by atoms with Gasteiger partial charge >= 0.3 is 0 Å². The maximum absolute atomic E-state index is 13.5. The van der Waals surface area contributed by atoms with Gasteiger partial charge in [0.25, 0.3) is 0 Å². The summed E-state index contributed by atoms with van der Waals surface area (Å²) < 4.78 is 18.9. The van der Waals surface area contributed by atoms with Crippen LogP contribution in [0.15, 0.2) is 72.1 Å². The fraction of sp³-hybridized carbons (Fsp3) is 0.261. The van der Waals surface area contributed by atoms with Crippen LogP contribution >= 0.6 is 11.3 Å². The molecule has 0 spiro atoms.